The zero-order valence-corrected chi connectivity index (χ0v) is 13.3. The lowest BCUT2D eigenvalue weighted by atomic mass is 10.0. The molecular formula is C13H26BrNO2. The topological polar surface area (TPSA) is 21.7 Å². The minimum Gasteiger partial charge on any atom is -0.379 e. The van der Waals surface area contributed by atoms with Gasteiger partial charge in [0.05, 0.1) is 17.3 Å². The van der Waals surface area contributed by atoms with Crippen LogP contribution in [0, 0.1) is 0 Å². The molecule has 1 rings (SSSR count). The van der Waals surface area contributed by atoms with E-state index in [-0.39, 0.29) is 11.2 Å². The third-order valence-electron chi connectivity index (χ3n) is 3.31. The van der Waals surface area contributed by atoms with Gasteiger partial charge in [0, 0.05) is 32.1 Å². The smallest absolute Gasteiger partial charge is 0.0806 e. The molecule has 102 valence electrons. The van der Waals surface area contributed by atoms with Crippen LogP contribution >= 0.6 is 15.9 Å². The summed E-state index contributed by atoms with van der Waals surface area (Å²) < 4.78 is 11.5. The quantitative estimate of drug-likeness (QED) is 0.729. The van der Waals surface area contributed by atoms with Gasteiger partial charge in [0.2, 0.25) is 0 Å². The van der Waals surface area contributed by atoms with Gasteiger partial charge in [0.1, 0.15) is 0 Å². The van der Waals surface area contributed by atoms with Crippen molar-refractivity contribution >= 4 is 15.9 Å². The summed E-state index contributed by atoms with van der Waals surface area (Å²) in [5.41, 5.74) is -0.0831. The maximum Gasteiger partial charge on any atom is 0.0806 e. The minimum absolute atomic E-state index is 0.0354. The van der Waals surface area contributed by atoms with Gasteiger partial charge >= 0.3 is 0 Å². The van der Waals surface area contributed by atoms with Gasteiger partial charge in [-0.05, 0) is 34.1 Å². The fourth-order valence-corrected chi connectivity index (χ4v) is 2.53. The Labute approximate surface area is 114 Å². The third-order valence-corrected chi connectivity index (χ3v) is 4.03. The van der Waals surface area contributed by atoms with E-state index in [4.69, 9.17) is 9.47 Å². The number of ether oxygens (including phenoxy) is 2. The highest BCUT2D eigenvalue weighted by Crippen LogP contribution is 2.23. The maximum atomic E-state index is 5.99. The summed E-state index contributed by atoms with van der Waals surface area (Å²) in [5, 5.41) is 0.903. The van der Waals surface area contributed by atoms with Gasteiger partial charge in [0.25, 0.3) is 0 Å². The van der Waals surface area contributed by atoms with Crippen LogP contribution in [0.5, 0.6) is 0 Å². The normalized spacial score (nSPS) is 26.1. The molecule has 1 saturated heterocycles. The van der Waals surface area contributed by atoms with Crippen molar-refractivity contribution in [3.05, 3.63) is 0 Å². The lowest BCUT2D eigenvalue weighted by Gasteiger charge is -2.43. The molecular weight excluding hydrogens is 282 g/mol. The predicted molar refractivity (Wildman–Crippen MR) is 74.9 cm³/mol. The molecule has 1 atom stereocenters. The van der Waals surface area contributed by atoms with Crippen molar-refractivity contribution in [1.29, 1.82) is 0 Å². The monoisotopic (exact) mass is 307 g/mol. The summed E-state index contributed by atoms with van der Waals surface area (Å²) in [5.74, 6) is 0. The Hall–Kier alpha value is 0.360. The Morgan fingerprint density at radius 1 is 1.47 bits per heavy atom. The lowest BCUT2D eigenvalue weighted by Crippen LogP contribution is -2.54. The second-order valence-electron chi connectivity index (χ2n) is 6.10. The number of morpholine rings is 1. The van der Waals surface area contributed by atoms with Gasteiger partial charge in [-0.3, -0.25) is 4.90 Å². The summed E-state index contributed by atoms with van der Waals surface area (Å²) >= 11 is 3.52. The van der Waals surface area contributed by atoms with E-state index in [0.717, 1.165) is 31.4 Å². The molecule has 0 saturated carbocycles. The number of halogens is 1. The Morgan fingerprint density at radius 2 is 2.12 bits per heavy atom. The second kappa shape index (κ2) is 6.00. The number of rotatable bonds is 5. The largest absolute Gasteiger partial charge is 0.379 e. The Kier molecular flexibility index (Phi) is 5.44. The van der Waals surface area contributed by atoms with Crippen LogP contribution in [0.2, 0.25) is 0 Å². The average Bonchev–Trinajstić information content (AvgIpc) is 2.24. The van der Waals surface area contributed by atoms with Gasteiger partial charge in [-0.2, -0.15) is 0 Å². The van der Waals surface area contributed by atoms with Crippen molar-refractivity contribution in [3.8, 4) is 0 Å². The number of nitrogens with zero attached hydrogens (tertiary/aromatic N) is 1. The number of hydrogen-bond donors (Lipinski definition) is 0. The Balaban J connectivity index is 2.48. The first-order valence-electron chi connectivity index (χ1n) is 6.29. The molecule has 1 unspecified atom stereocenters. The molecule has 4 heteroatoms. The molecule has 1 fully saturated rings. The lowest BCUT2D eigenvalue weighted by molar-refractivity contribution is -0.129. The van der Waals surface area contributed by atoms with Crippen LogP contribution in [0.3, 0.4) is 0 Å². The first-order valence-corrected chi connectivity index (χ1v) is 7.41. The van der Waals surface area contributed by atoms with Gasteiger partial charge < -0.3 is 9.47 Å². The highest BCUT2D eigenvalue weighted by molar-refractivity contribution is 9.09. The Morgan fingerprint density at radius 3 is 2.65 bits per heavy atom. The van der Waals surface area contributed by atoms with Crippen LogP contribution in [0.25, 0.3) is 0 Å². The molecule has 1 heterocycles. The molecule has 17 heavy (non-hydrogen) atoms. The molecule has 1 aliphatic rings. The summed E-state index contributed by atoms with van der Waals surface area (Å²) in [6.07, 6.45) is 1.35. The van der Waals surface area contributed by atoms with E-state index in [1.54, 1.807) is 7.11 Å². The maximum absolute atomic E-state index is 5.99. The molecule has 0 bridgehead atoms. The van der Waals surface area contributed by atoms with Crippen LogP contribution in [0.4, 0.5) is 0 Å². The van der Waals surface area contributed by atoms with E-state index >= 15 is 0 Å². The first kappa shape index (κ1) is 15.4. The fourth-order valence-electron chi connectivity index (χ4n) is 2.20. The standard InChI is InChI=1S/C13H26BrNO2/c1-12(2,16-5)6-7-15-9-11(8-14)17-13(3,4)10-15/h11H,6-10H2,1-5H3. The minimum atomic E-state index is -0.0477. The first-order chi connectivity index (χ1) is 7.78. The van der Waals surface area contributed by atoms with Crippen molar-refractivity contribution < 1.29 is 9.47 Å². The van der Waals surface area contributed by atoms with Gasteiger partial charge in [-0.15, -0.1) is 0 Å². The molecule has 1 aliphatic heterocycles. The fraction of sp³-hybridized carbons (Fsp3) is 1.00. The third kappa shape index (κ3) is 5.25. The van der Waals surface area contributed by atoms with Crippen molar-refractivity contribution in [1.82, 2.24) is 4.90 Å². The van der Waals surface area contributed by atoms with E-state index in [9.17, 15) is 0 Å². The second-order valence-corrected chi connectivity index (χ2v) is 6.75. The number of alkyl halides is 1. The van der Waals surface area contributed by atoms with Gasteiger partial charge in [0.15, 0.2) is 0 Å². The molecule has 0 amide bonds. The highest BCUT2D eigenvalue weighted by Gasteiger charge is 2.33. The van der Waals surface area contributed by atoms with Crippen LogP contribution in [-0.4, -0.2) is 54.3 Å². The summed E-state index contributed by atoms with van der Waals surface area (Å²) in [7, 11) is 1.78. The van der Waals surface area contributed by atoms with Crippen molar-refractivity contribution in [2.24, 2.45) is 0 Å². The molecule has 3 nitrogen and oxygen atoms in total. The van der Waals surface area contributed by atoms with E-state index in [1.807, 2.05) is 0 Å². The average molecular weight is 308 g/mol. The van der Waals surface area contributed by atoms with Crippen LogP contribution in [-0.2, 0) is 9.47 Å². The van der Waals surface area contributed by atoms with E-state index in [0.29, 0.717) is 6.10 Å². The number of methoxy groups -OCH3 is 1. The summed E-state index contributed by atoms with van der Waals surface area (Å²) in [4.78, 5) is 2.48. The van der Waals surface area contributed by atoms with E-state index in [2.05, 4.69) is 48.5 Å². The highest BCUT2D eigenvalue weighted by atomic mass is 79.9. The molecule has 0 aromatic rings. The van der Waals surface area contributed by atoms with Crippen LogP contribution < -0.4 is 0 Å². The van der Waals surface area contributed by atoms with Crippen LogP contribution in [0.1, 0.15) is 34.1 Å². The molecule has 0 spiro atoms. The molecule has 0 aromatic carbocycles. The zero-order chi connectivity index (χ0) is 13.1. The SMILES string of the molecule is COC(C)(C)CCN1CC(CBr)OC(C)(C)C1. The van der Waals surface area contributed by atoms with E-state index < -0.39 is 0 Å². The molecule has 0 aromatic heterocycles. The van der Waals surface area contributed by atoms with Gasteiger partial charge in [-0.25, -0.2) is 0 Å². The summed E-state index contributed by atoms with van der Waals surface area (Å²) in [6.45, 7) is 11.7. The molecule has 0 N–H and O–H groups in total. The van der Waals surface area contributed by atoms with Crippen molar-refractivity contribution in [2.45, 2.75) is 51.4 Å². The van der Waals surface area contributed by atoms with E-state index in [1.165, 1.54) is 0 Å². The molecule has 0 aliphatic carbocycles. The zero-order valence-electron chi connectivity index (χ0n) is 11.8. The predicted octanol–water partition coefficient (Wildman–Crippen LogP) is 2.68. The summed E-state index contributed by atoms with van der Waals surface area (Å²) in [6, 6.07) is 0. The number of hydrogen-bond acceptors (Lipinski definition) is 3. The van der Waals surface area contributed by atoms with Crippen molar-refractivity contribution in [2.75, 3.05) is 32.1 Å². The Bertz CT molecular complexity index is 244. The molecule has 0 radical (unpaired) electrons. The van der Waals surface area contributed by atoms with Crippen molar-refractivity contribution in [3.63, 3.8) is 0 Å². The van der Waals surface area contributed by atoms with Crippen LogP contribution in [0.15, 0.2) is 0 Å². The van der Waals surface area contributed by atoms with Gasteiger partial charge in [-0.1, -0.05) is 15.9 Å².